The first kappa shape index (κ1) is 62.2. The molecule has 8 aromatic carbocycles. The zero-order valence-corrected chi connectivity index (χ0v) is 49.5. The van der Waals surface area contributed by atoms with Crippen molar-refractivity contribution < 1.29 is 39.3 Å². The van der Waals surface area contributed by atoms with E-state index in [-0.39, 0.29) is 30.6 Å². The zero-order chi connectivity index (χ0) is 60.0. The van der Waals surface area contributed by atoms with Crippen LogP contribution in [0.15, 0.2) is 267 Å². The number of anilines is 6. The van der Waals surface area contributed by atoms with Gasteiger partial charge in [-0.1, -0.05) is 170 Å². The van der Waals surface area contributed by atoms with Crippen LogP contribution >= 0.6 is 24.4 Å². The SMILES string of the molecule is C(=C\c1ccnc(-c2cc(/C=C/c3ccc(N(c4ccccc4)c4ccc5ccccc5c4)cc3)ccn2)c1)/c1ccc(N(c2ccccc2)c2ccc3ccccc3c2)cc1.O=C(O)c1ccnc(-c2cc(C(=O)O)ccn2)c1.[N-]=C=S.[N-]=C=S.[Ru+2]. The first-order chi connectivity index (χ1) is 42.1. The Bertz CT molecular complexity index is 4160. The Morgan fingerprint density at radius 3 is 0.989 bits per heavy atom. The van der Waals surface area contributed by atoms with Crippen LogP contribution in [0.4, 0.5) is 34.1 Å². The van der Waals surface area contributed by atoms with Gasteiger partial charge in [0.15, 0.2) is 0 Å². The molecule has 0 bridgehead atoms. The second-order valence-electron chi connectivity index (χ2n) is 18.9. The van der Waals surface area contributed by atoms with Crippen molar-refractivity contribution in [1.29, 1.82) is 0 Å². The molecule has 4 aromatic heterocycles. The number of pyridine rings is 4. The number of aromatic carboxylic acids is 2. The van der Waals surface area contributed by atoms with Crippen LogP contribution in [-0.2, 0) is 19.5 Å². The standard InChI is InChI=1S/C58H42N4.C12H8N2O4.2CNS.Ru/c1-3-15-51(16-4-1)61(55-33-27-47-11-7-9-13-49(47)41-55)53-29-23-43(24-30-53)19-21-45-35-37-59-57(39-45)58-40-46(36-38-60-58)22-20-44-25-31-54(32-26-44)62(52-17-5-2-6-18-52)56-34-28-48-12-8-10-14-50(48)42-56;15-11(16)7-1-3-13-9(5-7)10-6-8(12(17)18)2-4-14-10;2*2-1-3;/h1-42H;1-6H,(H,15,16)(H,17,18);;;/q;;2*-1;+2/b21-19+,22-20+;;;;. The smallest absolute Gasteiger partial charge is 0.753 e. The maximum Gasteiger partial charge on any atom is 2.00 e. The number of hydrogen-bond acceptors (Lipinski definition) is 10. The third-order valence-corrected chi connectivity index (χ3v) is 13.4. The van der Waals surface area contributed by atoms with Crippen molar-refractivity contribution in [2.45, 2.75) is 0 Å². The summed E-state index contributed by atoms with van der Waals surface area (Å²) in [7, 11) is 0. The van der Waals surface area contributed by atoms with Gasteiger partial charge in [-0.2, -0.15) is 10.3 Å². The van der Waals surface area contributed by atoms with E-state index in [1.807, 2.05) is 24.5 Å². The molecule has 0 radical (unpaired) electrons. The van der Waals surface area contributed by atoms with Crippen molar-refractivity contribution in [3.8, 4) is 22.8 Å². The zero-order valence-electron chi connectivity index (χ0n) is 46.2. The molecule has 12 aromatic rings. The van der Waals surface area contributed by atoms with Crippen molar-refractivity contribution >= 4 is 127 Å². The molecule has 422 valence electrons. The summed E-state index contributed by atoms with van der Waals surface area (Å²) in [5.41, 5.74) is 13.4. The normalized spacial score (nSPS) is 10.4. The minimum atomic E-state index is -1.08. The summed E-state index contributed by atoms with van der Waals surface area (Å²) in [6.07, 6.45) is 14.9. The molecule has 0 aliphatic carbocycles. The monoisotopic (exact) mass is 1260 g/mol. The van der Waals surface area contributed by atoms with Gasteiger partial charge in [-0.25, -0.2) is 9.59 Å². The minimum absolute atomic E-state index is 0. The number of thiocarbonyl (C=S) groups is 2. The average molecular weight is 1260 g/mol. The number of benzene rings is 8. The predicted octanol–water partition coefficient (Wildman–Crippen LogP) is 18.6. The van der Waals surface area contributed by atoms with Crippen molar-refractivity contribution in [3.63, 3.8) is 0 Å². The van der Waals surface area contributed by atoms with Gasteiger partial charge in [-0.05, 0) is 165 Å². The van der Waals surface area contributed by atoms with Crippen LogP contribution in [-0.4, -0.2) is 52.4 Å². The van der Waals surface area contributed by atoms with Crippen LogP contribution in [0.5, 0.6) is 0 Å². The number of fused-ring (bicyclic) bond motifs is 2. The Kier molecular flexibility index (Phi) is 22.3. The molecule has 0 atom stereocenters. The van der Waals surface area contributed by atoms with Crippen molar-refractivity contribution in [2.75, 3.05) is 9.80 Å². The van der Waals surface area contributed by atoms with Gasteiger partial charge in [-0.15, -0.1) is 0 Å². The fourth-order valence-corrected chi connectivity index (χ4v) is 9.32. The maximum atomic E-state index is 10.8. The van der Waals surface area contributed by atoms with Gasteiger partial charge in [0.25, 0.3) is 0 Å². The quantitative estimate of drug-likeness (QED) is 0.0599. The number of carboxylic acids is 2. The Labute approximate surface area is 526 Å². The largest absolute Gasteiger partial charge is 2.00 e. The van der Waals surface area contributed by atoms with Gasteiger partial charge in [0.1, 0.15) is 0 Å². The van der Waals surface area contributed by atoms with E-state index in [0.29, 0.717) is 11.4 Å². The second-order valence-corrected chi connectivity index (χ2v) is 19.2. The summed E-state index contributed by atoms with van der Waals surface area (Å²) in [4.78, 5) is 43.6. The van der Waals surface area contributed by atoms with E-state index in [0.717, 1.165) is 67.8 Å². The van der Waals surface area contributed by atoms with Gasteiger partial charge in [0.2, 0.25) is 0 Å². The fraction of sp³-hybridized carbons (Fsp3) is 0. The molecule has 15 heteroatoms. The Balaban J connectivity index is 0.000000330. The van der Waals surface area contributed by atoms with Crippen molar-refractivity contribution in [2.24, 2.45) is 0 Å². The third-order valence-electron chi connectivity index (χ3n) is 13.4. The van der Waals surface area contributed by atoms with E-state index < -0.39 is 11.9 Å². The maximum absolute atomic E-state index is 10.8. The number of carboxylic acid groups (broad SMARTS) is 2. The molecular weight excluding hydrogens is 1210 g/mol. The number of isothiocyanates is 2. The first-order valence-electron chi connectivity index (χ1n) is 26.7. The topological polar surface area (TPSA) is 177 Å². The van der Waals surface area contributed by atoms with E-state index in [1.165, 1.54) is 68.5 Å². The minimum Gasteiger partial charge on any atom is -0.753 e. The van der Waals surface area contributed by atoms with Crippen molar-refractivity contribution in [1.82, 2.24) is 19.9 Å². The number of para-hydroxylation sites is 2. The molecule has 0 unspecified atom stereocenters. The summed E-state index contributed by atoms with van der Waals surface area (Å²) >= 11 is 7.40. The number of carbonyl (C=O) groups is 2. The number of nitrogens with zero attached hydrogens (tertiary/aromatic N) is 8. The first-order valence-corrected chi connectivity index (χ1v) is 27.5. The molecule has 4 heterocycles. The molecule has 2 N–H and O–H groups in total. The third kappa shape index (κ3) is 16.7. The molecule has 0 saturated carbocycles. The Hall–Kier alpha value is -10.9. The van der Waals surface area contributed by atoms with Gasteiger partial charge in [0, 0.05) is 58.9 Å². The molecule has 0 amide bonds. The van der Waals surface area contributed by atoms with Gasteiger partial charge in [-0.3, -0.25) is 19.9 Å². The molecule has 0 saturated heterocycles. The summed E-state index contributed by atoms with van der Waals surface area (Å²) in [6, 6.07) is 82.3. The van der Waals surface area contributed by atoms with E-state index in [4.69, 9.17) is 31.0 Å². The van der Waals surface area contributed by atoms with E-state index in [2.05, 4.69) is 275 Å². The van der Waals surface area contributed by atoms with Gasteiger partial charge in [0.05, 0.1) is 33.9 Å². The van der Waals surface area contributed by atoms with Crippen LogP contribution in [0.1, 0.15) is 43.0 Å². The molecule has 87 heavy (non-hydrogen) atoms. The van der Waals surface area contributed by atoms with Crippen LogP contribution in [0, 0.1) is 0 Å². The van der Waals surface area contributed by atoms with Crippen LogP contribution in [0.3, 0.4) is 0 Å². The van der Waals surface area contributed by atoms with Crippen molar-refractivity contribution in [3.05, 3.63) is 312 Å². The number of rotatable bonds is 14. The predicted molar refractivity (Wildman–Crippen MR) is 356 cm³/mol. The average Bonchev–Trinajstić information content (AvgIpc) is 2.50. The molecule has 12 rings (SSSR count). The van der Waals surface area contributed by atoms with E-state index in [1.54, 1.807) is 0 Å². The van der Waals surface area contributed by atoms with E-state index >= 15 is 0 Å². The summed E-state index contributed by atoms with van der Waals surface area (Å²) in [5, 5.41) is 39.5. The fourth-order valence-electron chi connectivity index (χ4n) is 9.32. The molecular formula is C72H50N8O4RuS2. The van der Waals surface area contributed by atoms with Crippen LogP contribution < -0.4 is 9.80 Å². The molecule has 0 spiro atoms. The van der Waals surface area contributed by atoms with E-state index in [9.17, 15) is 9.59 Å². The van der Waals surface area contributed by atoms with Crippen LogP contribution in [0.25, 0.3) is 79.4 Å². The Morgan fingerprint density at radius 2 is 0.632 bits per heavy atom. The molecule has 0 aliphatic rings. The number of hydrogen-bond donors (Lipinski definition) is 2. The summed E-state index contributed by atoms with van der Waals surface area (Å²) < 4.78 is 0. The second kappa shape index (κ2) is 31.1. The molecule has 12 nitrogen and oxygen atoms in total. The van der Waals surface area contributed by atoms with Gasteiger partial charge < -0.3 is 30.8 Å². The van der Waals surface area contributed by atoms with Gasteiger partial charge >= 0.3 is 31.4 Å². The number of aromatic nitrogens is 4. The molecule has 0 aliphatic heterocycles. The Morgan fingerprint density at radius 1 is 0.345 bits per heavy atom. The molecule has 0 fully saturated rings. The van der Waals surface area contributed by atoms with Crippen LogP contribution in [0.2, 0.25) is 0 Å². The summed E-state index contributed by atoms with van der Waals surface area (Å²) in [6.45, 7) is 0. The summed E-state index contributed by atoms with van der Waals surface area (Å²) in [5.74, 6) is -2.15.